The van der Waals surface area contributed by atoms with Crippen LogP contribution in [-0.2, 0) is 0 Å². The van der Waals surface area contributed by atoms with Crippen molar-refractivity contribution in [2.24, 2.45) is 0 Å². The largest absolute Gasteiger partial charge is 0.339 e. The number of halogens is 1. The number of amides is 1. The van der Waals surface area contributed by atoms with Gasteiger partial charge in [-0.25, -0.2) is 0 Å². The van der Waals surface area contributed by atoms with Gasteiger partial charge in [-0.05, 0) is 54.0 Å². The summed E-state index contributed by atoms with van der Waals surface area (Å²) in [6.07, 6.45) is 3.17. The Bertz CT molecular complexity index is 484. The summed E-state index contributed by atoms with van der Waals surface area (Å²) in [7, 11) is 0. The van der Waals surface area contributed by atoms with E-state index in [0.29, 0.717) is 9.13 Å². The molecule has 1 aromatic carbocycles. The average Bonchev–Trinajstić information content (AvgIpc) is 2.39. The van der Waals surface area contributed by atoms with Gasteiger partial charge in [0.15, 0.2) is 0 Å². The second-order valence-electron chi connectivity index (χ2n) is 4.28. The van der Waals surface area contributed by atoms with Gasteiger partial charge in [0.1, 0.15) is 0 Å². The summed E-state index contributed by atoms with van der Waals surface area (Å²) in [4.78, 5) is 24.4. The number of rotatable bonds is 2. The van der Waals surface area contributed by atoms with E-state index in [2.05, 4.69) is 0 Å². The fourth-order valence-electron chi connectivity index (χ4n) is 2.07. The lowest BCUT2D eigenvalue weighted by atomic mass is 10.1. The van der Waals surface area contributed by atoms with Crippen LogP contribution >= 0.6 is 22.6 Å². The van der Waals surface area contributed by atoms with Gasteiger partial charge < -0.3 is 4.90 Å². The van der Waals surface area contributed by atoms with Crippen molar-refractivity contribution in [2.75, 3.05) is 13.1 Å². The minimum atomic E-state index is -0.450. The van der Waals surface area contributed by atoms with E-state index in [1.165, 1.54) is 6.07 Å². The first-order valence-electron chi connectivity index (χ1n) is 5.83. The quantitative estimate of drug-likeness (QED) is 0.463. The standard InChI is InChI=1S/C12H13IN2O3/c13-10-5-4-9(8-11(10)15(17)18)12(16)14-6-2-1-3-7-14/h4-5,8H,1-3,6-7H2. The van der Waals surface area contributed by atoms with Gasteiger partial charge in [0.25, 0.3) is 11.6 Å². The first-order chi connectivity index (χ1) is 8.59. The first-order valence-corrected chi connectivity index (χ1v) is 6.90. The molecule has 0 aromatic heterocycles. The first kappa shape index (κ1) is 13.3. The predicted molar refractivity (Wildman–Crippen MR) is 75.6 cm³/mol. The maximum absolute atomic E-state index is 12.2. The van der Waals surface area contributed by atoms with Gasteiger partial charge in [-0.3, -0.25) is 14.9 Å². The molecule has 1 fully saturated rings. The monoisotopic (exact) mass is 360 g/mol. The van der Waals surface area contributed by atoms with E-state index in [9.17, 15) is 14.9 Å². The molecule has 6 heteroatoms. The number of nitro groups is 1. The number of nitrogens with zero attached hydrogens (tertiary/aromatic N) is 2. The highest BCUT2D eigenvalue weighted by atomic mass is 127. The normalized spacial score (nSPS) is 15.5. The Morgan fingerprint density at radius 3 is 2.56 bits per heavy atom. The molecule has 0 unspecified atom stereocenters. The molecule has 18 heavy (non-hydrogen) atoms. The van der Waals surface area contributed by atoms with Crippen LogP contribution < -0.4 is 0 Å². The minimum absolute atomic E-state index is 0.00143. The highest BCUT2D eigenvalue weighted by molar-refractivity contribution is 14.1. The molecular weight excluding hydrogens is 347 g/mol. The number of piperidine rings is 1. The Labute approximate surface area is 118 Å². The summed E-state index contributed by atoms with van der Waals surface area (Å²) >= 11 is 1.90. The molecule has 1 amide bonds. The van der Waals surface area contributed by atoms with Crippen LogP contribution in [0.4, 0.5) is 5.69 Å². The van der Waals surface area contributed by atoms with Crippen LogP contribution in [0.3, 0.4) is 0 Å². The van der Waals surface area contributed by atoms with Crippen molar-refractivity contribution >= 4 is 34.2 Å². The van der Waals surface area contributed by atoms with Gasteiger partial charge >= 0.3 is 0 Å². The topological polar surface area (TPSA) is 63.4 Å². The van der Waals surface area contributed by atoms with Crippen LogP contribution in [0.5, 0.6) is 0 Å². The fraction of sp³-hybridized carbons (Fsp3) is 0.417. The minimum Gasteiger partial charge on any atom is -0.339 e. The molecular formula is C12H13IN2O3. The number of hydrogen-bond donors (Lipinski definition) is 0. The van der Waals surface area contributed by atoms with Crippen molar-refractivity contribution < 1.29 is 9.72 Å². The lowest BCUT2D eigenvalue weighted by molar-refractivity contribution is -0.385. The number of likely N-dealkylation sites (tertiary alicyclic amines) is 1. The van der Waals surface area contributed by atoms with E-state index in [0.717, 1.165) is 32.4 Å². The molecule has 1 heterocycles. The molecule has 0 radical (unpaired) electrons. The average molecular weight is 360 g/mol. The van der Waals surface area contributed by atoms with Crippen LogP contribution in [0.25, 0.3) is 0 Å². The molecule has 5 nitrogen and oxygen atoms in total. The van der Waals surface area contributed by atoms with Crippen LogP contribution in [-0.4, -0.2) is 28.8 Å². The highest BCUT2D eigenvalue weighted by Gasteiger charge is 2.21. The van der Waals surface area contributed by atoms with Crippen LogP contribution in [0.2, 0.25) is 0 Å². The lowest BCUT2D eigenvalue weighted by Gasteiger charge is -2.26. The molecule has 1 aliphatic rings. The lowest BCUT2D eigenvalue weighted by Crippen LogP contribution is -2.35. The van der Waals surface area contributed by atoms with Gasteiger partial charge in [-0.15, -0.1) is 0 Å². The van der Waals surface area contributed by atoms with E-state index < -0.39 is 4.92 Å². The molecule has 0 atom stereocenters. The van der Waals surface area contributed by atoms with Crippen molar-refractivity contribution in [1.82, 2.24) is 4.90 Å². The molecule has 96 valence electrons. The molecule has 2 rings (SSSR count). The second-order valence-corrected chi connectivity index (χ2v) is 5.44. The highest BCUT2D eigenvalue weighted by Crippen LogP contribution is 2.23. The Morgan fingerprint density at radius 1 is 1.28 bits per heavy atom. The van der Waals surface area contributed by atoms with Gasteiger partial charge in [-0.2, -0.15) is 0 Å². The Morgan fingerprint density at radius 2 is 1.94 bits per heavy atom. The fourth-order valence-corrected chi connectivity index (χ4v) is 2.60. The van der Waals surface area contributed by atoms with E-state index in [-0.39, 0.29) is 11.6 Å². The van der Waals surface area contributed by atoms with Crippen molar-refractivity contribution in [3.8, 4) is 0 Å². The van der Waals surface area contributed by atoms with Gasteiger partial charge in [-0.1, -0.05) is 0 Å². The zero-order valence-electron chi connectivity index (χ0n) is 9.76. The molecule has 0 aliphatic carbocycles. The summed E-state index contributed by atoms with van der Waals surface area (Å²) in [5.41, 5.74) is 0.405. The number of carbonyl (C=O) groups excluding carboxylic acids is 1. The number of benzene rings is 1. The smallest absolute Gasteiger partial charge is 0.283 e. The zero-order chi connectivity index (χ0) is 13.1. The predicted octanol–water partition coefficient (Wildman–Crippen LogP) is 2.83. The van der Waals surface area contributed by atoms with E-state index >= 15 is 0 Å². The maximum Gasteiger partial charge on any atom is 0.283 e. The van der Waals surface area contributed by atoms with E-state index in [1.807, 2.05) is 22.6 Å². The third kappa shape index (κ3) is 2.80. The molecule has 1 saturated heterocycles. The Balaban J connectivity index is 2.24. The number of nitro benzene ring substituents is 1. The van der Waals surface area contributed by atoms with E-state index in [1.54, 1.807) is 17.0 Å². The van der Waals surface area contributed by atoms with Gasteiger partial charge in [0.05, 0.1) is 8.49 Å². The maximum atomic E-state index is 12.2. The van der Waals surface area contributed by atoms with Crippen molar-refractivity contribution in [3.63, 3.8) is 0 Å². The zero-order valence-corrected chi connectivity index (χ0v) is 11.9. The number of carbonyl (C=O) groups is 1. The third-order valence-electron chi connectivity index (χ3n) is 3.03. The van der Waals surface area contributed by atoms with Crippen molar-refractivity contribution in [1.29, 1.82) is 0 Å². The summed E-state index contributed by atoms with van der Waals surface area (Å²) in [6.45, 7) is 1.50. The third-order valence-corrected chi connectivity index (χ3v) is 3.95. The summed E-state index contributed by atoms with van der Waals surface area (Å²) < 4.78 is 0.549. The number of hydrogen-bond acceptors (Lipinski definition) is 3. The van der Waals surface area contributed by atoms with Crippen molar-refractivity contribution in [3.05, 3.63) is 37.4 Å². The molecule has 0 bridgehead atoms. The Hall–Kier alpha value is -1.18. The molecule has 0 saturated carbocycles. The molecule has 1 aliphatic heterocycles. The molecule has 0 spiro atoms. The summed E-state index contributed by atoms with van der Waals surface area (Å²) in [5, 5.41) is 10.8. The molecule has 0 N–H and O–H groups in total. The summed E-state index contributed by atoms with van der Waals surface area (Å²) in [5.74, 6) is -0.103. The Kier molecular flexibility index (Phi) is 4.15. The van der Waals surface area contributed by atoms with Crippen molar-refractivity contribution in [2.45, 2.75) is 19.3 Å². The van der Waals surface area contributed by atoms with Gasteiger partial charge in [0.2, 0.25) is 0 Å². The SMILES string of the molecule is O=C(c1ccc(I)c([N+](=O)[O-])c1)N1CCCCC1. The van der Waals surface area contributed by atoms with Crippen LogP contribution in [0.1, 0.15) is 29.6 Å². The van der Waals surface area contributed by atoms with E-state index in [4.69, 9.17) is 0 Å². The molecule has 1 aromatic rings. The van der Waals surface area contributed by atoms with Crippen LogP contribution in [0, 0.1) is 13.7 Å². The summed E-state index contributed by atoms with van der Waals surface area (Å²) in [6, 6.07) is 4.65. The van der Waals surface area contributed by atoms with Crippen LogP contribution in [0.15, 0.2) is 18.2 Å². The van der Waals surface area contributed by atoms with Gasteiger partial charge in [0, 0.05) is 24.7 Å². The second kappa shape index (κ2) is 5.64.